The van der Waals surface area contributed by atoms with Crippen molar-refractivity contribution in [3.8, 4) is 0 Å². The molecule has 1 heterocycles. The molecule has 1 aliphatic heterocycles. The maximum atomic E-state index is 6.10. The first-order valence-corrected chi connectivity index (χ1v) is 7.14. The van der Waals surface area contributed by atoms with Crippen molar-refractivity contribution in [3.63, 3.8) is 0 Å². The molecule has 3 heteroatoms. The third-order valence-corrected chi connectivity index (χ3v) is 4.70. The van der Waals surface area contributed by atoms with Crippen molar-refractivity contribution >= 4 is 0 Å². The number of rotatable bonds is 4. The summed E-state index contributed by atoms with van der Waals surface area (Å²) in [4.78, 5) is 4.86. The molecule has 106 valence electrons. The second-order valence-electron chi connectivity index (χ2n) is 6.24. The Labute approximate surface area is 117 Å². The van der Waals surface area contributed by atoms with Crippen LogP contribution in [-0.2, 0) is 6.54 Å². The van der Waals surface area contributed by atoms with E-state index in [0.29, 0.717) is 6.04 Å². The summed E-state index contributed by atoms with van der Waals surface area (Å²) in [7, 11) is 4.40. The largest absolute Gasteiger partial charge is 0.329 e. The fourth-order valence-electron chi connectivity index (χ4n) is 3.11. The van der Waals surface area contributed by atoms with Crippen LogP contribution in [0.5, 0.6) is 0 Å². The maximum absolute atomic E-state index is 6.10. The molecule has 0 aromatic heterocycles. The van der Waals surface area contributed by atoms with Gasteiger partial charge in [0.2, 0.25) is 0 Å². The minimum atomic E-state index is 0.124. The van der Waals surface area contributed by atoms with E-state index in [1.165, 1.54) is 11.1 Å². The van der Waals surface area contributed by atoms with E-state index in [-0.39, 0.29) is 5.54 Å². The Hall–Kier alpha value is -0.900. The molecule has 1 aromatic rings. The molecule has 2 unspecified atom stereocenters. The molecule has 3 nitrogen and oxygen atoms in total. The summed E-state index contributed by atoms with van der Waals surface area (Å²) in [6.07, 6.45) is 1.16. The molecule has 1 aliphatic rings. The molecule has 2 atom stereocenters. The standard InChI is InChI=1S/C16H27N3/c1-13-5-7-15(8-6-13)10-19(4)16(11-17)9-14(2)18(3)12-16/h5-8,14H,9-12,17H2,1-4H3. The Balaban J connectivity index is 2.09. The van der Waals surface area contributed by atoms with E-state index in [9.17, 15) is 0 Å². The second-order valence-corrected chi connectivity index (χ2v) is 6.24. The summed E-state index contributed by atoms with van der Waals surface area (Å²) in [5.74, 6) is 0. The normalized spacial score (nSPS) is 28.2. The number of likely N-dealkylation sites (N-methyl/N-ethyl adjacent to an activating group) is 2. The summed E-state index contributed by atoms with van der Waals surface area (Å²) in [6.45, 7) is 7.18. The predicted octanol–water partition coefficient (Wildman–Crippen LogP) is 1.85. The number of nitrogens with two attached hydrogens (primary N) is 1. The molecule has 19 heavy (non-hydrogen) atoms. The maximum Gasteiger partial charge on any atom is 0.0473 e. The lowest BCUT2D eigenvalue weighted by atomic mass is 9.94. The van der Waals surface area contributed by atoms with Crippen LogP contribution >= 0.6 is 0 Å². The van der Waals surface area contributed by atoms with Gasteiger partial charge in [0.15, 0.2) is 0 Å². The Morgan fingerprint density at radius 2 is 2.00 bits per heavy atom. The van der Waals surface area contributed by atoms with Gasteiger partial charge in [-0.2, -0.15) is 0 Å². The lowest BCUT2D eigenvalue weighted by Crippen LogP contribution is -2.53. The monoisotopic (exact) mass is 261 g/mol. The molecule has 1 fully saturated rings. The molecule has 1 saturated heterocycles. The van der Waals surface area contributed by atoms with Crippen LogP contribution in [0.15, 0.2) is 24.3 Å². The predicted molar refractivity (Wildman–Crippen MR) is 81.1 cm³/mol. The van der Waals surface area contributed by atoms with Gasteiger partial charge in [-0.1, -0.05) is 29.8 Å². The lowest BCUT2D eigenvalue weighted by Gasteiger charge is -2.38. The van der Waals surface area contributed by atoms with Gasteiger partial charge in [0.1, 0.15) is 0 Å². The average molecular weight is 261 g/mol. The van der Waals surface area contributed by atoms with Crippen LogP contribution in [0.3, 0.4) is 0 Å². The number of nitrogens with zero attached hydrogens (tertiary/aromatic N) is 2. The molecule has 0 aliphatic carbocycles. The summed E-state index contributed by atoms with van der Waals surface area (Å²) in [5.41, 5.74) is 8.91. The zero-order valence-electron chi connectivity index (χ0n) is 12.7. The first-order chi connectivity index (χ1) is 8.97. The highest BCUT2D eigenvalue weighted by Crippen LogP contribution is 2.30. The zero-order valence-corrected chi connectivity index (χ0v) is 12.7. The molecule has 0 saturated carbocycles. The third-order valence-electron chi connectivity index (χ3n) is 4.70. The van der Waals surface area contributed by atoms with Crippen LogP contribution < -0.4 is 5.73 Å². The van der Waals surface area contributed by atoms with Crippen LogP contribution in [0.2, 0.25) is 0 Å². The van der Waals surface area contributed by atoms with E-state index >= 15 is 0 Å². The van der Waals surface area contributed by atoms with Crippen molar-refractivity contribution in [3.05, 3.63) is 35.4 Å². The molecule has 1 aromatic carbocycles. The lowest BCUT2D eigenvalue weighted by molar-refractivity contribution is 0.126. The molecule has 2 N–H and O–H groups in total. The van der Waals surface area contributed by atoms with Crippen LogP contribution in [0.4, 0.5) is 0 Å². The minimum absolute atomic E-state index is 0.124. The SMILES string of the molecule is Cc1ccc(CN(C)C2(CN)CC(C)N(C)C2)cc1. The highest BCUT2D eigenvalue weighted by atomic mass is 15.3. The second kappa shape index (κ2) is 5.61. The van der Waals surface area contributed by atoms with Crippen molar-refractivity contribution in [2.24, 2.45) is 5.73 Å². The Morgan fingerprint density at radius 3 is 2.47 bits per heavy atom. The number of benzene rings is 1. The van der Waals surface area contributed by atoms with Gasteiger partial charge in [-0.05, 0) is 39.9 Å². The highest BCUT2D eigenvalue weighted by molar-refractivity contribution is 5.21. The van der Waals surface area contributed by atoms with Gasteiger partial charge in [-0.3, -0.25) is 4.90 Å². The molecule has 0 bridgehead atoms. The Morgan fingerprint density at radius 1 is 1.37 bits per heavy atom. The van der Waals surface area contributed by atoms with E-state index in [1.54, 1.807) is 0 Å². The molecular weight excluding hydrogens is 234 g/mol. The van der Waals surface area contributed by atoms with Gasteiger partial charge in [-0.25, -0.2) is 0 Å². The minimum Gasteiger partial charge on any atom is -0.329 e. The summed E-state index contributed by atoms with van der Waals surface area (Å²) < 4.78 is 0. The quantitative estimate of drug-likeness (QED) is 0.898. The van der Waals surface area contributed by atoms with Crippen LogP contribution in [0.1, 0.15) is 24.5 Å². The Kier molecular flexibility index (Phi) is 4.29. The van der Waals surface area contributed by atoms with Gasteiger partial charge in [0.25, 0.3) is 0 Å². The summed E-state index contributed by atoms with van der Waals surface area (Å²) in [6, 6.07) is 9.42. The number of hydrogen-bond acceptors (Lipinski definition) is 3. The highest BCUT2D eigenvalue weighted by Gasteiger charge is 2.42. The van der Waals surface area contributed by atoms with Gasteiger partial charge in [-0.15, -0.1) is 0 Å². The molecule has 2 rings (SSSR count). The number of hydrogen-bond donors (Lipinski definition) is 1. The van der Waals surface area contributed by atoms with Crippen LogP contribution in [0.25, 0.3) is 0 Å². The third kappa shape index (κ3) is 2.99. The molecule has 0 spiro atoms. The summed E-state index contributed by atoms with van der Waals surface area (Å²) >= 11 is 0. The van der Waals surface area contributed by atoms with E-state index in [2.05, 4.69) is 62.0 Å². The van der Waals surface area contributed by atoms with E-state index in [0.717, 1.165) is 26.1 Å². The van der Waals surface area contributed by atoms with Gasteiger partial charge in [0, 0.05) is 31.2 Å². The topological polar surface area (TPSA) is 32.5 Å². The van der Waals surface area contributed by atoms with Crippen molar-refractivity contribution < 1.29 is 0 Å². The van der Waals surface area contributed by atoms with Crippen molar-refractivity contribution in [2.45, 2.75) is 38.4 Å². The molecule has 0 radical (unpaired) electrons. The number of aryl methyl sites for hydroxylation is 1. The Bertz CT molecular complexity index is 403. The van der Waals surface area contributed by atoms with Crippen molar-refractivity contribution in [1.82, 2.24) is 9.80 Å². The first-order valence-electron chi connectivity index (χ1n) is 7.14. The van der Waals surface area contributed by atoms with Gasteiger partial charge >= 0.3 is 0 Å². The van der Waals surface area contributed by atoms with Gasteiger partial charge in [0.05, 0.1) is 0 Å². The van der Waals surface area contributed by atoms with E-state index < -0.39 is 0 Å². The van der Waals surface area contributed by atoms with Crippen LogP contribution in [0, 0.1) is 6.92 Å². The number of likely N-dealkylation sites (tertiary alicyclic amines) is 1. The molecule has 0 amide bonds. The fraction of sp³-hybridized carbons (Fsp3) is 0.625. The van der Waals surface area contributed by atoms with Gasteiger partial charge < -0.3 is 10.6 Å². The van der Waals surface area contributed by atoms with Crippen molar-refractivity contribution in [2.75, 3.05) is 27.2 Å². The first kappa shape index (κ1) is 14.5. The fourth-order valence-corrected chi connectivity index (χ4v) is 3.11. The zero-order chi connectivity index (χ0) is 14.0. The van der Waals surface area contributed by atoms with Crippen molar-refractivity contribution in [1.29, 1.82) is 0 Å². The van der Waals surface area contributed by atoms with E-state index in [1.807, 2.05) is 0 Å². The van der Waals surface area contributed by atoms with E-state index in [4.69, 9.17) is 5.73 Å². The summed E-state index contributed by atoms with van der Waals surface area (Å²) in [5, 5.41) is 0. The average Bonchev–Trinajstić information content (AvgIpc) is 2.69. The molecular formula is C16H27N3. The van der Waals surface area contributed by atoms with Crippen LogP contribution in [-0.4, -0.2) is 48.6 Å². The smallest absolute Gasteiger partial charge is 0.0473 e.